The highest BCUT2D eigenvalue weighted by atomic mass is 32.2. The van der Waals surface area contributed by atoms with Gasteiger partial charge in [0.05, 0.1) is 0 Å². The van der Waals surface area contributed by atoms with Gasteiger partial charge >= 0.3 is 0 Å². The molecule has 0 bridgehead atoms. The number of pyridine rings is 1. The van der Waals surface area contributed by atoms with E-state index in [-0.39, 0.29) is 4.90 Å². The minimum atomic E-state index is -3.68. The van der Waals surface area contributed by atoms with Crippen molar-refractivity contribution in [1.82, 2.24) is 4.98 Å². The molecule has 0 aliphatic carbocycles. The van der Waals surface area contributed by atoms with Crippen molar-refractivity contribution >= 4 is 15.8 Å². The second-order valence-corrected chi connectivity index (χ2v) is 5.59. The van der Waals surface area contributed by atoms with E-state index in [1.54, 1.807) is 6.07 Å². The molecule has 0 fully saturated rings. The van der Waals surface area contributed by atoms with Crippen LogP contribution in [0.3, 0.4) is 0 Å². The van der Waals surface area contributed by atoms with E-state index in [2.05, 4.69) is 11.9 Å². The predicted molar refractivity (Wildman–Crippen MR) is 71.8 cm³/mol. The first-order valence-corrected chi connectivity index (χ1v) is 7.47. The van der Waals surface area contributed by atoms with Crippen LogP contribution in [0.15, 0.2) is 23.2 Å². The largest absolute Gasteiger partial charge is 0.355 e. The van der Waals surface area contributed by atoms with Crippen molar-refractivity contribution in [1.29, 1.82) is 0 Å². The van der Waals surface area contributed by atoms with Crippen LogP contribution in [-0.4, -0.2) is 33.0 Å². The summed E-state index contributed by atoms with van der Waals surface area (Å²) in [5.74, 6) is 0.723. The maximum absolute atomic E-state index is 11.1. The standard InChI is InChI=1S/C11H20N4O2S/c1-2-3-7-15(8-6-12)11-5-4-10(9-14-11)18(13,16)17/h4-5,9H,2-3,6-8,12H2,1H3,(H2,13,16,17). The van der Waals surface area contributed by atoms with Crippen LogP contribution >= 0.6 is 0 Å². The smallest absolute Gasteiger partial charge is 0.239 e. The third-order valence-corrected chi connectivity index (χ3v) is 3.45. The highest BCUT2D eigenvalue weighted by Gasteiger charge is 2.10. The van der Waals surface area contributed by atoms with Crippen LogP contribution in [0.5, 0.6) is 0 Å². The highest BCUT2D eigenvalue weighted by molar-refractivity contribution is 7.89. The predicted octanol–water partition coefficient (Wildman–Crippen LogP) is 0.294. The lowest BCUT2D eigenvalue weighted by atomic mass is 10.3. The summed E-state index contributed by atoms with van der Waals surface area (Å²) in [4.78, 5) is 6.19. The number of hydrogen-bond donors (Lipinski definition) is 2. The summed E-state index contributed by atoms with van der Waals surface area (Å²) in [5, 5.41) is 5.02. The summed E-state index contributed by atoms with van der Waals surface area (Å²) in [6.45, 7) is 4.19. The second-order valence-electron chi connectivity index (χ2n) is 4.03. The third-order valence-electron chi connectivity index (χ3n) is 2.55. The lowest BCUT2D eigenvalue weighted by molar-refractivity contribution is 0.597. The Hall–Kier alpha value is -1.18. The molecule has 0 radical (unpaired) electrons. The van der Waals surface area contributed by atoms with Gasteiger partial charge in [-0.15, -0.1) is 0 Å². The fourth-order valence-electron chi connectivity index (χ4n) is 1.57. The molecule has 0 aromatic carbocycles. The molecule has 0 saturated carbocycles. The fraction of sp³-hybridized carbons (Fsp3) is 0.545. The van der Waals surface area contributed by atoms with E-state index in [9.17, 15) is 8.42 Å². The molecule has 4 N–H and O–H groups in total. The minimum absolute atomic E-state index is 0.0226. The number of nitrogens with two attached hydrogens (primary N) is 2. The summed E-state index contributed by atoms with van der Waals surface area (Å²) < 4.78 is 22.2. The maximum Gasteiger partial charge on any atom is 0.239 e. The zero-order valence-corrected chi connectivity index (χ0v) is 11.4. The zero-order chi connectivity index (χ0) is 13.6. The minimum Gasteiger partial charge on any atom is -0.355 e. The molecular formula is C11H20N4O2S. The Labute approximate surface area is 108 Å². The molecule has 0 amide bonds. The molecule has 0 saturated heterocycles. The van der Waals surface area contributed by atoms with Crippen molar-refractivity contribution in [3.05, 3.63) is 18.3 Å². The molecule has 0 aliphatic rings. The van der Waals surface area contributed by atoms with E-state index in [4.69, 9.17) is 10.9 Å². The van der Waals surface area contributed by atoms with Gasteiger partial charge in [-0.05, 0) is 18.6 Å². The Balaban J connectivity index is 2.86. The van der Waals surface area contributed by atoms with Crippen LogP contribution in [0, 0.1) is 0 Å². The molecule has 0 spiro atoms. The number of anilines is 1. The van der Waals surface area contributed by atoms with Crippen molar-refractivity contribution in [3.63, 3.8) is 0 Å². The van der Waals surface area contributed by atoms with Gasteiger partial charge in [-0.25, -0.2) is 18.5 Å². The van der Waals surface area contributed by atoms with Gasteiger partial charge in [0.25, 0.3) is 0 Å². The number of rotatable bonds is 7. The first-order valence-electron chi connectivity index (χ1n) is 5.93. The van der Waals surface area contributed by atoms with Crippen molar-refractivity contribution in [2.45, 2.75) is 24.7 Å². The van der Waals surface area contributed by atoms with E-state index in [0.717, 1.165) is 25.2 Å². The van der Waals surface area contributed by atoms with Crippen LogP contribution in [-0.2, 0) is 10.0 Å². The lowest BCUT2D eigenvalue weighted by Crippen LogP contribution is -2.31. The van der Waals surface area contributed by atoms with E-state index in [0.29, 0.717) is 13.1 Å². The molecule has 0 atom stereocenters. The van der Waals surface area contributed by atoms with Crippen molar-refractivity contribution in [2.75, 3.05) is 24.5 Å². The SMILES string of the molecule is CCCCN(CCN)c1ccc(S(N)(=O)=O)cn1. The van der Waals surface area contributed by atoms with E-state index < -0.39 is 10.0 Å². The first-order chi connectivity index (χ1) is 8.49. The van der Waals surface area contributed by atoms with Crippen LogP contribution in [0.25, 0.3) is 0 Å². The van der Waals surface area contributed by atoms with Crippen LogP contribution in [0.4, 0.5) is 5.82 Å². The molecule has 1 heterocycles. The molecule has 18 heavy (non-hydrogen) atoms. The monoisotopic (exact) mass is 272 g/mol. The molecule has 0 unspecified atom stereocenters. The lowest BCUT2D eigenvalue weighted by Gasteiger charge is -2.22. The topological polar surface area (TPSA) is 102 Å². The molecule has 102 valence electrons. The summed E-state index contributed by atoms with van der Waals surface area (Å²) in [7, 11) is -3.68. The number of hydrogen-bond acceptors (Lipinski definition) is 5. The second kappa shape index (κ2) is 6.67. The number of unbranched alkanes of at least 4 members (excludes halogenated alkanes) is 1. The van der Waals surface area contributed by atoms with Gasteiger partial charge in [0, 0.05) is 25.8 Å². The summed E-state index contributed by atoms with van der Waals surface area (Å²) in [6.07, 6.45) is 3.40. The van der Waals surface area contributed by atoms with Crippen LogP contribution in [0.1, 0.15) is 19.8 Å². The quantitative estimate of drug-likeness (QED) is 0.743. The van der Waals surface area contributed by atoms with Gasteiger partial charge in [0.2, 0.25) is 10.0 Å². The normalized spacial score (nSPS) is 11.5. The molecule has 0 aliphatic heterocycles. The van der Waals surface area contributed by atoms with Crippen molar-refractivity contribution < 1.29 is 8.42 Å². The van der Waals surface area contributed by atoms with Crippen LogP contribution < -0.4 is 15.8 Å². The third kappa shape index (κ3) is 4.25. The molecule has 1 rings (SSSR count). The molecule has 6 nitrogen and oxygen atoms in total. The summed E-state index contributed by atoms with van der Waals surface area (Å²) in [6, 6.07) is 3.12. The van der Waals surface area contributed by atoms with Gasteiger partial charge in [-0.2, -0.15) is 0 Å². The highest BCUT2D eigenvalue weighted by Crippen LogP contribution is 2.14. The number of primary sulfonamides is 1. The Bertz CT molecular complexity index is 458. The van der Waals surface area contributed by atoms with Crippen molar-refractivity contribution in [2.24, 2.45) is 10.9 Å². The van der Waals surface area contributed by atoms with E-state index in [1.165, 1.54) is 12.3 Å². The first kappa shape index (κ1) is 14.9. The average Bonchev–Trinajstić information content (AvgIpc) is 2.33. The number of sulfonamides is 1. The number of aromatic nitrogens is 1. The average molecular weight is 272 g/mol. The number of nitrogens with zero attached hydrogens (tertiary/aromatic N) is 2. The van der Waals surface area contributed by atoms with E-state index in [1.807, 2.05) is 4.90 Å². The van der Waals surface area contributed by atoms with Gasteiger partial charge in [0.15, 0.2) is 0 Å². The van der Waals surface area contributed by atoms with Gasteiger partial charge in [-0.3, -0.25) is 0 Å². The Kier molecular flexibility index (Phi) is 5.52. The van der Waals surface area contributed by atoms with Gasteiger partial charge in [-0.1, -0.05) is 13.3 Å². The zero-order valence-electron chi connectivity index (χ0n) is 10.5. The van der Waals surface area contributed by atoms with Crippen molar-refractivity contribution in [3.8, 4) is 0 Å². The molecule has 7 heteroatoms. The molecular weight excluding hydrogens is 252 g/mol. The summed E-state index contributed by atoms with van der Waals surface area (Å²) in [5.41, 5.74) is 5.55. The Morgan fingerprint density at radius 2 is 2.06 bits per heavy atom. The van der Waals surface area contributed by atoms with E-state index >= 15 is 0 Å². The summed E-state index contributed by atoms with van der Waals surface area (Å²) >= 11 is 0. The fourth-order valence-corrected chi connectivity index (χ4v) is 2.03. The Morgan fingerprint density at radius 3 is 2.50 bits per heavy atom. The van der Waals surface area contributed by atoms with Gasteiger partial charge < -0.3 is 10.6 Å². The van der Waals surface area contributed by atoms with Crippen LogP contribution in [0.2, 0.25) is 0 Å². The molecule has 1 aromatic heterocycles. The Morgan fingerprint density at radius 1 is 1.33 bits per heavy atom. The van der Waals surface area contributed by atoms with Gasteiger partial charge in [0.1, 0.15) is 10.7 Å². The maximum atomic E-state index is 11.1. The molecule has 1 aromatic rings.